The maximum Gasteiger partial charge on any atom is 0.0159 e. The summed E-state index contributed by atoms with van der Waals surface area (Å²) in [6.07, 6.45) is 0. The highest BCUT2D eigenvalue weighted by molar-refractivity contribution is 6.22. The topological polar surface area (TPSA) is 0 Å². The van der Waals surface area contributed by atoms with E-state index in [4.69, 9.17) is 0 Å². The second-order valence-corrected chi connectivity index (χ2v) is 13.8. The summed E-state index contributed by atoms with van der Waals surface area (Å²) in [6.45, 7) is 6.95. The first-order valence-electron chi connectivity index (χ1n) is 16.9. The van der Waals surface area contributed by atoms with Crippen molar-refractivity contribution in [2.75, 3.05) is 0 Å². The second kappa shape index (κ2) is 10.9. The molecule has 48 heavy (non-hydrogen) atoms. The van der Waals surface area contributed by atoms with Gasteiger partial charge in [-0.25, -0.2) is 0 Å². The second-order valence-electron chi connectivity index (χ2n) is 13.8. The van der Waals surface area contributed by atoms with Crippen molar-refractivity contribution in [2.24, 2.45) is 0 Å². The first kappa shape index (κ1) is 28.5. The van der Waals surface area contributed by atoms with Gasteiger partial charge in [0.25, 0.3) is 0 Å². The molecule has 0 fully saturated rings. The molecule has 0 saturated carbocycles. The average Bonchev–Trinajstić information content (AvgIpc) is 3.36. The van der Waals surface area contributed by atoms with Crippen LogP contribution in [0.25, 0.3) is 77.2 Å². The molecule has 0 nitrogen and oxygen atoms in total. The lowest BCUT2D eigenvalue weighted by atomic mass is 9.80. The monoisotopic (exact) mass is 612 g/mol. The van der Waals surface area contributed by atoms with Gasteiger partial charge in [-0.2, -0.15) is 0 Å². The third-order valence-electron chi connectivity index (χ3n) is 10.5. The molecule has 0 unspecified atom stereocenters. The van der Waals surface area contributed by atoms with Crippen LogP contribution in [0.5, 0.6) is 0 Å². The normalized spacial score (nSPS) is 13.1. The van der Waals surface area contributed by atoms with Gasteiger partial charge in [0.15, 0.2) is 0 Å². The quantitative estimate of drug-likeness (QED) is 0.173. The van der Waals surface area contributed by atoms with Gasteiger partial charge in [-0.05, 0) is 119 Å². The van der Waals surface area contributed by atoms with Gasteiger partial charge in [0.2, 0.25) is 0 Å². The van der Waals surface area contributed by atoms with E-state index in [1.807, 2.05) is 0 Å². The van der Waals surface area contributed by atoms with Gasteiger partial charge in [-0.3, -0.25) is 0 Å². The molecule has 9 rings (SSSR count). The molecule has 8 aromatic rings. The first-order chi connectivity index (χ1) is 23.5. The van der Waals surface area contributed by atoms with Crippen molar-refractivity contribution in [2.45, 2.75) is 26.2 Å². The van der Waals surface area contributed by atoms with E-state index in [1.165, 1.54) is 93.9 Å². The van der Waals surface area contributed by atoms with E-state index in [1.54, 1.807) is 0 Å². The van der Waals surface area contributed by atoms with Gasteiger partial charge in [0.1, 0.15) is 0 Å². The Hall–Kier alpha value is -5.72. The molecule has 0 heteroatoms. The summed E-state index contributed by atoms with van der Waals surface area (Å²) in [5.41, 5.74) is 16.7. The summed E-state index contributed by atoms with van der Waals surface area (Å²) in [7, 11) is 0. The van der Waals surface area contributed by atoms with E-state index in [-0.39, 0.29) is 5.41 Å². The third kappa shape index (κ3) is 4.44. The number of rotatable bonds is 4. The fourth-order valence-corrected chi connectivity index (χ4v) is 8.14. The summed E-state index contributed by atoms with van der Waals surface area (Å²) >= 11 is 0. The number of benzene rings is 8. The largest absolute Gasteiger partial charge is 0.0622 e. The summed E-state index contributed by atoms with van der Waals surface area (Å²) in [5.74, 6) is 0. The smallest absolute Gasteiger partial charge is 0.0159 e. The van der Waals surface area contributed by atoms with Crippen molar-refractivity contribution in [1.29, 1.82) is 0 Å². The Kier molecular flexibility index (Phi) is 6.49. The molecule has 0 atom stereocenters. The predicted octanol–water partition coefficient (Wildman–Crippen LogP) is 13.3. The van der Waals surface area contributed by atoms with Crippen LogP contribution < -0.4 is 0 Å². The molecule has 0 heterocycles. The SMILES string of the molecule is Cc1ccc2c(-c3cc(-c4ccccc4)cc(-c4ccccc4)c3)c3ccccc3c(-c3ccc4c(c3)C(C)(C)c3ccccc3-4)c2c1. The van der Waals surface area contributed by atoms with E-state index in [0.29, 0.717) is 0 Å². The molecule has 0 N–H and O–H groups in total. The van der Waals surface area contributed by atoms with Crippen LogP contribution in [0.2, 0.25) is 0 Å². The van der Waals surface area contributed by atoms with Gasteiger partial charge in [0.05, 0.1) is 0 Å². The Balaban J connectivity index is 1.35. The Labute approximate surface area is 283 Å². The van der Waals surface area contributed by atoms with Crippen LogP contribution in [0, 0.1) is 6.92 Å². The van der Waals surface area contributed by atoms with Crippen LogP contribution in [0.15, 0.2) is 164 Å². The molecule has 8 aromatic carbocycles. The average molecular weight is 613 g/mol. The molecular formula is C48H36. The molecule has 0 spiro atoms. The molecule has 228 valence electrons. The predicted molar refractivity (Wildman–Crippen MR) is 205 cm³/mol. The van der Waals surface area contributed by atoms with Crippen LogP contribution in [-0.4, -0.2) is 0 Å². The standard InChI is InChI=1S/C48H36/c1-31-22-24-42-43(26-31)46(34-23-25-39-38-18-12-13-21-44(38)48(2,3)45(39)30-34)40-19-10-11-20-41(40)47(42)37-28-35(32-14-6-4-7-15-32)27-36(29-37)33-16-8-5-9-17-33/h4-30H,1-3H3. The number of hydrogen-bond acceptors (Lipinski definition) is 0. The zero-order valence-electron chi connectivity index (χ0n) is 27.6. The highest BCUT2D eigenvalue weighted by atomic mass is 14.4. The molecule has 0 amide bonds. The van der Waals surface area contributed by atoms with Crippen molar-refractivity contribution in [3.8, 4) is 55.6 Å². The van der Waals surface area contributed by atoms with Gasteiger partial charge in [0, 0.05) is 5.41 Å². The maximum atomic E-state index is 2.47. The van der Waals surface area contributed by atoms with Crippen LogP contribution in [-0.2, 0) is 5.41 Å². The fourth-order valence-electron chi connectivity index (χ4n) is 8.14. The number of hydrogen-bond donors (Lipinski definition) is 0. The summed E-state index contributed by atoms with van der Waals surface area (Å²) in [5, 5.41) is 5.13. The van der Waals surface area contributed by atoms with Gasteiger partial charge >= 0.3 is 0 Å². The zero-order valence-corrected chi connectivity index (χ0v) is 27.6. The fraction of sp³-hybridized carbons (Fsp3) is 0.0833. The Morgan fingerprint density at radius 2 is 0.854 bits per heavy atom. The maximum absolute atomic E-state index is 2.47. The molecule has 0 aliphatic heterocycles. The summed E-state index contributed by atoms with van der Waals surface area (Å²) in [6, 6.07) is 60.8. The molecule has 1 aliphatic rings. The Morgan fingerprint density at radius 3 is 1.52 bits per heavy atom. The minimum Gasteiger partial charge on any atom is -0.0622 e. The lowest BCUT2D eigenvalue weighted by molar-refractivity contribution is 0.660. The molecular weight excluding hydrogens is 577 g/mol. The van der Waals surface area contributed by atoms with Crippen molar-refractivity contribution in [3.63, 3.8) is 0 Å². The highest BCUT2D eigenvalue weighted by Crippen LogP contribution is 2.51. The van der Waals surface area contributed by atoms with Crippen molar-refractivity contribution in [3.05, 3.63) is 180 Å². The summed E-state index contributed by atoms with van der Waals surface area (Å²) in [4.78, 5) is 0. The van der Waals surface area contributed by atoms with Crippen molar-refractivity contribution in [1.82, 2.24) is 0 Å². The zero-order chi connectivity index (χ0) is 32.4. The van der Waals surface area contributed by atoms with Crippen LogP contribution >= 0.6 is 0 Å². The van der Waals surface area contributed by atoms with Crippen LogP contribution in [0.1, 0.15) is 30.5 Å². The molecule has 0 saturated heterocycles. The highest BCUT2D eigenvalue weighted by Gasteiger charge is 2.35. The van der Waals surface area contributed by atoms with Gasteiger partial charge < -0.3 is 0 Å². The molecule has 0 bridgehead atoms. The molecule has 0 radical (unpaired) electrons. The van der Waals surface area contributed by atoms with E-state index >= 15 is 0 Å². The number of fused-ring (bicyclic) bond motifs is 5. The van der Waals surface area contributed by atoms with E-state index in [9.17, 15) is 0 Å². The van der Waals surface area contributed by atoms with Gasteiger partial charge in [-0.15, -0.1) is 0 Å². The van der Waals surface area contributed by atoms with Gasteiger partial charge in [-0.1, -0.05) is 159 Å². The molecule has 1 aliphatic carbocycles. The van der Waals surface area contributed by atoms with Crippen molar-refractivity contribution >= 4 is 21.5 Å². The van der Waals surface area contributed by atoms with E-state index < -0.39 is 0 Å². The minimum absolute atomic E-state index is 0.0604. The van der Waals surface area contributed by atoms with Crippen molar-refractivity contribution < 1.29 is 0 Å². The first-order valence-corrected chi connectivity index (χ1v) is 16.9. The van der Waals surface area contributed by atoms with Crippen LogP contribution in [0.4, 0.5) is 0 Å². The van der Waals surface area contributed by atoms with Crippen LogP contribution in [0.3, 0.4) is 0 Å². The minimum atomic E-state index is -0.0604. The van der Waals surface area contributed by atoms with E-state index in [0.717, 1.165) is 0 Å². The Bertz CT molecular complexity index is 2460. The third-order valence-corrected chi connectivity index (χ3v) is 10.5. The lowest BCUT2D eigenvalue weighted by Crippen LogP contribution is -2.14. The van der Waals surface area contributed by atoms with E-state index in [2.05, 4.69) is 185 Å². The summed E-state index contributed by atoms with van der Waals surface area (Å²) < 4.78 is 0. The molecule has 0 aromatic heterocycles. The Morgan fingerprint density at radius 1 is 0.333 bits per heavy atom. The lowest BCUT2D eigenvalue weighted by Gasteiger charge is -2.23. The number of aryl methyl sites for hydroxylation is 1.